The lowest BCUT2D eigenvalue weighted by atomic mass is 10.3. The first-order valence-corrected chi connectivity index (χ1v) is 8.01. The van der Waals surface area contributed by atoms with E-state index < -0.39 is 16.3 Å². The van der Waals surface area contributed by atoms with Gasteiger partial charge in [-0.05, 0) is 37.1 Å². The molecule has 2 rings (SSSR count). The molecule has 1 fully saturated rings. The third-order valence-corrected chi connectivity index (χ3v) is 4.44. The van der Waals surface area contributed by atoms with Crippen molar-refractivity contribution in [2.45, 2.75) is 42.2 Å². The number of nitrogens with one attached hydrogen (secondary N) is 1. The van der Waals surface area contributed by atoms with Crippen molar-refractivity contribution >= 4 is 22.4 Å². The van der Waals surface area contributed by atoms with Crippen molar-refractivity contribution in [3.8, 4) is 0 Å². The molecule has 1 saturated carbocycles. The Bertz CT molecular complexity index is 539. The third kappa shape index (κ3) is 4.81. The average molecular weight is 335 g/mol. The molecule has 122 valence electrons. The van der Waals surface area contributed by atoms with Crippen LogP contribution in [0.4, 0.5) is 18.9 Å². The molecule has 1 aromatic carbocycles. The van der Waals surface area contributed by atoms with E-state index in [1.165, 1.54) is 12.1 Å². The second-order valence-corrected chi connectivity index (χ2v) is 6.48. The average Bonchev–Trinajstić information content (AvgIpc) is 2.97. The molecule has 1 N–H and O–H groups in total. The fourth-order valence-corrected chi connectivity index (χ4v) is 2.89. The molecule has 0 heterocycles. The van der Waals surface area contributed by atoms with Crippen molar-refractivity contribution in [2.75, 3.05) is 11.9 Å². The van der Waals surface area contributed by atoms with Gasteiger partial charge in [-0.3, -0.25) is 4.79 Å². The number of carbonyl (C=O) groups excluding carboxylic acids is 1. The van der Waals surface area contributed by atoms with Gasteiger partial charge >= 0.3 is 5.51 Å². The molecule has 0 radical (unpaired) electrons. The van der Waals surface area contributed by atoms with Gasteiger partial charge in [0.05, 0.1) is 6.10 Å². The summed E-state index contributed by atoms with van der Waals surface area (Å²) in [7, 11) is -3.06. The van der Waals surface area contributed by atoms with Crippen molar-refractivity contribution < 1.29 is 26.9 Å². The van der Waals surface area contributed by atoms with Crippen LogP contribution in [0.15, 0.2) is 29.2 Å². The second-order valence-electron chi connectivity index (χ2n) is 5.00. The summed E-state index contributed by atoms with van der Waals surface area (Å²) in [5, 5.41) is 2.53. The van der Waals surface area contributed by atoms with E-state index in [4.69, 9.17) is 4.74 Å². The van der Waals surface area contributed by atoms with Gasteiger partial charge in [-0.15, -0.1) is 0 Å². The van der Waals surface area contributed by atoms with Crippen LogP contribution in [-0.2, 0) is 20.3 Å². The molecule has 0 bridgehead atoms. The van der Waals surface area contributed by atoms with Gasteiger partial charge < -0.3 is 10.1 Å². The molecule has 1 aromatic rings. The molecule has 1 atom stereocenters. The predicted molar refractivity (Wildman–Crippen MR) is 75.7 cm³/mol. The summed E-state index contributed by atoms with van der Waals surface area (Å²) in [5.74, 6) is -0.364. The second kappa shape index (κ2) is 7.23. The lowest BCUT2D eigenvalue weighted by molar-refractivity contribution is -0.122. The Morgan fingerprint density at radius 3 is 2.36 bits per heavy atom. The molecule has 1 aliphatic carbocycles. The lowest BCUT2D eigenvalue weighted by Gasteiger charge is -2.11. The van der Waals surface area contributed by atoms with Gasteiger partial charge in [-0.1, -0.05) is 12.8 Å². The number of ether oxygens (including phenoxy) is 1. The Balaban J connectivity index is 1.85. The minimum absolute atomic E-state index is 0.0824. The van der Waals surface area contributed by atoms with Crippen molar-refractivity contribution in [2.24, 2.45) is 0 Å². The highest BCUT2D eigenvalue weighted by molar-refractivity contribution is 7.86. The number of hydrogen-bond donors (Lipinski definition) is 1. The first-order valence-electron chi connectivity index (χ1n) is 6.86. The van der Waals surface area contributed by atoms with Crippen molar-refractivity contribution in [1.82, 2.24) is 0 Å². The normalized spacial score (nSPS) is 17.4. The highest BCUT2D eigenvalue weighted by atomic mass is 32.2. The highest BCUT2D eigenvalue weighted by Crippen LogP contribution is 2.27. The van der Waals surface area contributed by atoms with Gasteiger partial charge in [0.15, 0.2) is 10.8 Å². The number of hydrogen-bond acceptors (Lipinski definition) is 3. The summed E-state index contributed by atoms with van der Waals surface area (Å²) in [6, 6.07) is 4.73. The molecule has 1 unspecified atom stereocenters. The van der Waals surface area contributed by atoms with Gasteiger partial charge in [-0.2, -0.15) is 13.2 Å². The van der Waals surface area contributed by atoms with E-state index in [-0.39, 0.29) is 23.5 Å². The smallest absolute Gasteiger partial charge is 0.368 e. The minimum Gasteiger partial charge on any atom is -0.368 e. The summed E-state index contributed by atoms with van der Waals surface area (Å²) in [4.78, 5) is 11.3. The van der Waals surface area contributed by atoms with Crippen LogP contribution in [0.25, 0.3) is 0 Å². The number of amides is 1. The summed E-state index contributed by atoms with van der Waals surface area (Å²) in [6.07, 6.45) is 4.22. The molecule has 1 aliphatic rings. The fourth-order valence-electron chi connectivity index (χ4n) is 2.24. The summed E-state index contributed by atoms with van der Waals surface area (Å²) < 4.78 is 53.5. The minimum atomic E-state index is -4.79. The molecule has 0 spiro atoms. The summed E-state index contributed by atoms with van der Waals surface area (Å²) >= 11 is 0. The van der Waals surface area contributed by atoms with E-state index in [1.54, 1.807) is 0 Å². The third-order valence-electron chi connectivity index (χ3n) is 3.31. The summed E-state index contributed by atoms with van der Waals surface area (Å²) in [5.41, 5.74) is -4.46. The van der Waals surface area contributed by atoms with Crippen LogP contribution in [0, 0.1) is 0 Å². The molecule has 22 heavy (non-hydrogen) atoms. The topological polar surface area (TPSA) is 55.4 Å². The van der Waals surface area contributed by atoms with Crippen molar-refractivity contribution in [1.29, 1.82) is 0 Å². The van der Waals surface area contributed by atoms with Gasteiger partial charge in [0, 0.05) is 10.6 Å². The van der Waals surface area contributed by atoms with Crippen LogP contribution in [0.5, 0.6) is 0 Å². The van der Waals surface area contributed by atoms with Gasteiger partial charge in [0.25, 0.3) is 0 Å². The quantitative estimate of drug-likeness (QED) is 0.899. The van der Waals surface area contributed by atoms with Gasteiger partial charge in [-0.25, -0.2) is 4.21 Å². The Morgan fingerprint density at radius 2 is 1.82 bits per heavy atom. The first kappa shape index (κ1) is 17.0. The van der Waals surface area contributed by atoms with E-state index in [0.717, 1.165) is 37.8 Å². The molecule has 0 saturated heterocycles. The molecule has 0 aromatic heterocycles. The highest BCUT2D eigenvalue weighted by Gasteiger charge is 2.37. The summed E-state index contributed by atoms with van der Waals surface area (Å²) in [6.45, 7) is -0.0824. The fraction of sp³-hybridized carbons (Fsp3) is 0.500. The van der Waals surface area contributed by atoms with Crippen LogP contribution >= 0.6 is 0 Å². The molecule has 1 amide bonds. The largest absolute Gasteiger partial charge is 0.475 e. The number of carbonyl (C=O) groups is 1. The molecular weight excluding hydrogens is 319 g/mol. The Hall–Kier alpha value is -1.41. The molecule has 4 nitrogen and oxygen atoms in total. The van der Waals surface area contributed by atoms with Gasteiger partial charge in [0.1, 0.15) is 6.61 Å². The van der Waals surface area contributed by atoms with E-state index >= 15 is 0 Å². The number of rotatable bonds is 5. The number of alkyl halides is 3. The van der Waals surface area contributed by atoms with E-state index in [2.05, 4.69) is 5.32 Å². The number of anilines is 1. The Morgan fingerprint density at radius 1 is 1.23 bits per heavy atom. The molecule has 0 aliphatic heterocycles. The maximum absolute atomic E-state index is 12.3. The number of benzene rings is 1. The SMILES string of the molecule is O=C(COC1CCCC1)Nc1ccc(S(=O)C(F)(F)F)cc1. The zero-order valence-electron chi connectivity index (χ0n) is 11.7. The maximum Gasteiger partial charge on any atom is 0.475 e. The van der Waals surface area contributed by atoms with Gasteiger partial charge in [0.2, 0.25) is 5.91 Å². The Labute approximate surface area is 128 Å². The zero-order valence-corrected chi connectivity index (χ0v) is 12.5. The monoisotopic (exact) mass is 335 g/mol. The Kier molecular flexibility index (Phi) is 5.57. The molecule has 8 heteroatoms. The van der Waals surface area contributed by atoms with E-state index in [1.807, 2.05) is 0 Å². The van der Waals surface area contributed by atoms with Crippen LogP contribution < -0.4 is 5.32 Å². The van der Waals surface area contributed by atoms with Crippen LogP contribution in [0.2, 0.25) is 0 Å². The standard InChI is InChI=1S/C14H16F3NO3S/c15-14(16,17)22(20)12-7-5-10(6-8-12)18-13(19)9-21-11-3-1-2-4-11/h5-8,11H,1-4,9H2,(H,18,19). The van der Waals surface area contributed by atoms with Crippen molar-refractivity contribution in [3.63, 3.8) is 0 Å². The van der Waals surface area contributed by atoms with E-state index in [9.17, 15) is 22.2 Å². The van der Waals surface area contributed by atoms with Crippen LogP contribution in [0.1, 0.15) is 25.7 Å². The molecular formula is C14H16F3NO3S. The number of halogens is 3. The van der Waals surface area contributed by atoms with Crippen LogP contribution in [-0.4, -0.2) is 28.3 Å². The predicted octanol–water partition coefficient (Wildman–Crippen LogP) is 3.21. The zero-order chi connectivity index (χ0) is 16.2. The maximum atomic E-state index is 12.3. The van der Waals surface area contributed by atoms with E-state index in [0.29, 0.717) is 5.69 Å². The lowest BCUT2D eigenvalue weighted by Crippen LogP contribution is -2.22. The van der Waals surface area contributed by atoms with Crippen LogP contribution in [0.3, 0.4) is 0 Å². The van der Waals surface area contributed by atoms with Crippen molar-refractivity contribution in [3.05, 3.63) is 24.3 Å². The first-order chi connectivity index (χ1) is 10.4.